The van der Waals surface area contributed by atoms with Gasteiger partial charge in [-0.3, -0.25) is 4.90 Å². The molecule has 5 nitrogen and oxygen atoms in total. The van der Waals surface area contributed by atoms with Gasteiger partial charge in [-0.1, -0.05) is 12.5 Å². The van der Waals surface area contributed by atoms with Crippen molar-refractivity contribution in [2.75, 3.05) is 27.4 Å². The monoisotopic (exact) mass is 372 g/mol. The molecule has 3 unspecified atom stereocenters. The van der Waals surface area contributed by atoms with Gasteiger partial charge in [-0.2, -0.15) is 0 Å². The van der Waals surface area contributed by atoms with E-state index in [2.05, 4.69) is 18.7 Å². The summed E-state index contributed by atoms with van der Waals surface area (Å²) in [4.78, 5) is 2.40. The average Bonchev–Trinajstić information content (AvgIpc) is 2.58. The first-order valence-electron chi connectivity index (χ1n) is 8.77. The number of ether oxygens (including phenoxy) is 3. The number of aliphatic hydroxyl groups is 1. The third-order valence-electron chi connectivity index (χ3n) is 4.82. The lowest BCUT2D eigenvalue weighted by Gasteiger charge is -2.40. The number of likely N-dealkylation sites (tertiary alicyclic amines) is 1. The highest BCUT2D eigenvalue weighted by atomic mass is 35.5. The number of rotatable bonds is 8. The summed E-state index contributed by atoms with van der Waals surface area (Å²) >= 11 is 0. The molecule has 1 aromatic carbocycles. The molecule has 0 bridgehead atoms. The molecule has 0 spiro atoms. The largest absolute Gasteiger partial charge is 1.00 e. The van der Waals surface area contributed by atoms with Crippen LogP contribution < -0.4 is 21.9 Å². The SMILES string of the molecule is COc1ccc(COCC(O)CN2C(C)CCCC2C)cc1OC.[Cl-]. The fourth-order valence-electron chi connectivity index (χ4n) is 3.41. The van der Waals surface area contributed by atoms with Gasteiger partial charge in [-0.25, -0.2) is 0 Å². The van der Waals surface area contributed by atoms with E-state index in [0.29, 0.717) is 43.3 Å². The molecule has 6 heteroatoms. The van der Waals surface area contributed by atoms with E-state index >= 15 is 0 Å². The minimum absolute atomic E-state index is 0. The Kier molecular flexibility index (Phi) is 9.57. The van der Waals surface area contributed by atoms with E-state index in [4.69, 9.17) is 14.2 Å². The second-order valence-corrected chi connectivity index (χ2v) is 6.68. The summed E-state index contributed by atoms with van der Waals surface area (Å²) in [5, 5.41) is 10.3. The van der Waals surface area contributed by atoms with Gasteiger partial charge >= 0.3 is 0 Å². The Morgan fingerprint density at radius 1 is 1.12 bits per heavy atom. The predicted molar refractivity (Wildman–Crippen MR) is 94.7 cm³/mol. The molecule has 0 saturated carbocycles. The average molecular weight is 373 g/mol. The van der Waals surface area contributed by atoms with E-state index in [0.717, 1.165) is 5.56 Å². The first-order valence-corrected chi connectivity index (χ1v) is 8.77. The number of piperidine rings is 1. The van der Waals surface area contributed by atoms with Crippen LogP contribution in [0.25, 0.3) is 0 Å². The zero-order valence-corrected chi connectivity index (χ0v) is 16.5. The van der Waals surface area contributed by atoms with Crippen LogP contribution in [0.3, 0.4) is 0 Å². The van der Waals surface area contributed by atoms with Crippen molar-refractivity contribution in [2.24, 2.45) is 0 Å². The molecule has 1 aliphatic rings. The van der Waals surface area contributed by atoms with Crippen LogP contribution in [0.1, 0.15) is 38.7 Å². The molecule has 1 saturated heterocycles. The Balaban J connectivity index is 0.00000312. The Morgan fingerprint density at radius 3 is 2.36 bits per heavy atom. The van der Waals surface area contributed by atoms with Crippen LogP contribution in [0, 0.1) is 0 Å². The molecule has 1 fully saturated rings. The Morgan fingerprint density at radius 2 is 1.76 bits per heavy atom. The minimum atomic E-state index is -0.465. The smallest absolute Gasteiger partial charge is 0.161 e. The molecule has 0 radical (unpaired) electrons. The van der Waals surface area contributed by atoms with Gasteiger partial charge in [0.1, 0.15) is 0 Å². The summed E-state index contributed by atoms with van der Waals surface area (Å²) in [6, 6.07) is 6.79. The first-order chi connectivity index (χ1) is 11.5. The molecule has 2 rings (SSSR count). The van der Waals surface area contributed by atoms with Gasteiger partial charge in [0.15, 0.2) is 11.5 Å². The summed E-state index contributed by atoms with van der Waals surface area (Å²) < 4.78 is 16.2. The molecule has 3 atom stereocenters. The number of benzene rings is 1. The fraction of sp³-hybridized carbons (Fsp3) is 0.684. The zero-order valence-electron chi connectivity index (χ0n) is 15.7. The molecule has 1 aliphatic heterocycles. The summed E-state index contributed by atoms with van der Waals surface area (Å²) in [6.45, 7) is 5.95. The van der Waals surface area contributed by atoms with Crippen LogP contribution >= 0.6 is 0 Å². The van der Waals surface area contributed by atoms with Gasteiger partial charge in [-0.05, 0) is 44.4 Å². The Bertz CT molecular complexity index is 504. The number of nitrogens with zero attached hydrogens (tertiary/aromatic N) is 1. The maximum Gasteiger partial charge on any atom is 0.161 e. The second-order valence-electron chi connectivity index (χ2n) is 6.68. The minimum Gasteiger partial charge on any atom is -1.00 e. The number of β-amino-alcohol motifs (C(OH)–C–C–N with tert-alkyl or cyclic N) is 1. The molecular formula is C19H31ClNO4-. The lowest BCUT2D eigenvalue weighted by Crippen LogP contribution is -3.00. The fourth-order valence-corrected chi connectivity index (χ4v) is 3.41. The highest BCUT2D eigenvalue weighted by Crippen LogP contribution is 2.28. The van der Waals surface area contributed by atoms with Gasteiger partial charge in [-0.15, -0.1) is 0 Å². The molecular weight excluding hydrogens is 342 g/mol. The van der Waals surface area contributed by atoms with E-state index in [1.807, 2.05) is 18.2 Å². The summed E-state index contributed by atoms with van der Waals surface area (Å²) in [5.41, 5.74) is 1.000. The summed E-state index contributed by atoms with van der Waals surface area (Å²) in [6.07, 6.45) is 3.24. The van der Waals surface area contributed by atoms with Gasteiger partial charge in [0.05, 0.1) is 33.5 Å². The van der Waals surface area contributed by atoms with Crippen LogP contribution in [0.4, 0.5) is 0 Å². The lowest BCUT2D eigenvalue weighted by atomic mass is 9.97. The quantitative estimate of drug-likeness (QED) is 0.687. The van der Waals surface area contributed by atoms with Crippen LogP contribution in [0.2, 0.25) is 0 Å². The maximum atomic E-state index is 10.3. The van der Waals surface area contributed by atoms with Gasteiger partial charge in [0.2, 0.25) is 0 Å². The van der Waals surface area contributed by atoms with Crippen molar-refractivity contribution in [3.63, 3.8) is 0 Å². The van der Waals surface area contributed by atoms with Crippen LogP contribution in [-0.4, -0.2) is 55.6 Å². The highest BCUT2D eigenvalue weighted by molar-refractivity contribution is 5.42. The summed E-state index contributed by atoms with van der Waals surface area (Å²) in [7, 11) is 3.24. The number of methoxy groups -OCH3 is 2. The first kappa shape index (κ1) is 22.0. The normalized spacial score (nSPS) is 22.1. The molecule has 0 aliphatic carbocycles. The molecule has 1 heterocycles. The standard InChI is InChI=1S/C19H31NO4.ClH/c1-14-6-5-7-15(2)20(14)11-17(21)13-24-12-16-8-9-18(22-3)19(10-16)23-4;/h8-10,14-15,17,21H,5-7,11-13H2,1-4H3;1H/p-1. The van der Waals surface area contributed by atoms with Gasteiger partial charge < -0.3 is 31.7 Å². The lowest BCUT2D eigenvalue weighted by molar-refractivity contribution is -0.0135. The molecule has 1 aromatic rings. The van der Waals surface area contributed by atoms with Crippen LogP contribution in [0.15, 0.2) is 18.2 Å². The number of aliphatic hydroxyl groups excluding tert-OH is 1. The highest BCUT2D eigenvalue weighted by Gasteiger charge is 2.26. The van der Waals surface area contributed by atoms with E-state index < -0.39 is 6.10 Å². The van der Waals surface area contributed by atoms with Gasteiger partial charge in [0, 0.05) is 18.6 Å². The van der Waals surface area contributed by atoms with Crippen molar-refractivity contribution >= 4 is 0 Å². The van der Waals surface area contributed by atoms with Crippen molar-refractivity contribution in [3.8, 4) is 11.5 Å². The third kappa shape index (κ3) is 6.33. The van der Waals surface area contributed by atoms with Crippen molar-refractivity contribution < 1.29 is 31.7 Å². The second kappa shape index (κ2) is 10.9. The predicted octanol–water partition coefficient (Wildman–Crippen LogP) is -0.152. The Hall–Kier alpha value is -1.01. The van der Waals surface area contributed by atoms with Crippen molar-refractivity contribution in [1.29, 1.82) is 0 Å². The number of hydrogen-bond donors (Lipinski definition) is 1. The summed E-state index contributed by atoms with van der Waals surface area (Å²) in [5.74, 6) is 1.39. The van der Waals surface area contributed by atoms with E-state index in [9.17, 15) is 5.11 Å². The van der Waals surface area contributed by atoms with Crippen LogP contribution in [0.5, 0.6) is 11.5 Å². The number of hydrogen-bond acceptors (Lipinski definition) is 5. The van der Waals surface area contributed by atoms with E-state index in [-0.39, 0.29) is 12.4 Å². The molecule has 25 heavy (non-hydrogen) atoms. The van der Waals surface area contributed by atoms with Crippen molar-refractivity contribution in [3.05, 3.63) is 23.8 Å². The zero-order chi connectivity index (χ0) is 17.5. The van der Waals surface area contributed by atoms with Gasteiger partial charge in [0.25, 0.3) is 0 Å². The number of halogens is 1. The topological polar surface area (TPSA) is 51.2 Å². The van der Waals surface area contributed by atoms with Crippen molar-refractivity contribution in [2.45, 2.75) is 57.9 Å². The molecule has 0 aromatic heterocycles. The molecule has 0 amide bonds. The van der Waals surface area contributed by atoms with Crippen LogP contribution in [-0.2, 0) is 11.3 Å². The maximum absolute atomic E-state index is 10.3. The Labute approximate surface area is 157 Å². The van der Waals surface area contributed by atoms with Crippen molar-refractivity contribution in [1.82, 2.24) is 4.90 Å². The molecule has 1 N–H and O–H groups in total. The molecule has 144 valence electrons. The van der Waals surface area contributed by atoms with E-state index in [1.165, 1.54) is 19.3 Å². The third-order valence-corrected chi connectivity index (χ3v) is 4.82. The van der Waals surface area contributed by atoms with E-state index in [1.54, 1.807) is 14.2 Å².